The van der Waals surface area contributed by atoms with E-state index in [-0.39, 0.29) is 25.0 Å². The Morgan fingerprint density at radius 1 is 1.32 bits per heavy atom. The number of halogens is 4. The number of rotatable bonds is 5. The molecule has 0 spiro atoms. The predicted molar refractivity (Wildman–Crippen MR) is 73.9 cm³/mol. The first-order chi connectivity index (χ1) is 10.1. The fourth-order valence-electron chi connectivity index (χ4n) is 1.84. The topological polar surface area (TPSA) is 61.4 Å². The average molecular weight is 322 g/mol. The number of carbonyl (C=O) groups excluding carboxylic acids is 1. The normalized spacial score (nSPS) is 13.1. The molecule has 4 nitrogen and oxygen atoms in total. The second-order valence-corrected chi connectivity index (χ2v) is 5.15. The molecule has 0 saturated carbocycles. The van der Waals surface area contributed by atoms with E-state index in [0.29, 0.717) is 18.2 Å². The largest absolute Gasteiger partial charge is 0.416 e. The van der Waals surface area contributed by atoms with Crippen LogP contribution in [0.25, 0.3) is 0 Å². The summed E-state index contributed by atoms with van der Waals surface area (Å²) in [7, 11) is 0. The monoisotopic (exact) mass is 322 g/mol. The number of urea groups is 1. The van der Waals surface area contributed by atoms with Crippen LogP contribution in [0.1, 0.15) is 25.8 Å². The molecule has 0 aliphatic carbocycles. The highest BCUT2D eigenvalue weighted by atomic mass is 19.4. The predicted octanol–water partition coefficient (Wildman–Crippen LogP) is 3.37. The van der Waals surface area contributed by atoms with E-state index in [0.717, 1.165) is 0 Å². The molecule has 1 rings (SSSR count). The van der Waals surface area contributed by atoms with Crippen LogP contribution < -0.4 is 10.6 Å². The van der Waals surface area contributed by atoms with Crippen LogP contribution in [0.4, 0.5) is 28.0 Å². The molecule has 8 heteroatoms. The van der Waals surface area contributed by atoms with E-state index < -0.39 is 29.3 Å². The van der Waals surface area contributed by atoms with Gasteiger partial charge in [-0.05, 0) is 30.5 Å². The molecule has 0 saturated heterocycles. The molecule has 124 valence electrons. The number of hydrogen-bond acceptors (Lipinski definition) is 2. The highest BCUT2D eigenvalue weighted by Crippen LogP contribution is 2.31. The summed E-state index contributed by atoms with van der Waals surface area (Å²) >= 11 is 0. The molecule has 3 N–H and O–H groups in total. The van der Waals surface area contributed by atoms with Gasteiger partial charge in [0.05, 0.1) is 11.3 Å². The number of carbonyl (C=O) groups is 1. The lowest BCUT2D eigenvalue weighted by Gasteiger charge is -2.22. The van der Waals surface area contributed by atoms with Gasteiger partial charge in [-0.2, -0.15) is 13.2 Å². The first-order valence-corrected chi connectivity index (χ1v) is 6.70. The van der Waals surface area contributed by atoms with E-state index in [9.17, 15) is 22.4 Å². The van der Waals surface area contributed by atoms with E-state index in [2.05, 4.69) is 10.6 Å². The van der Waals surface area contributed by atoms with E-state index in [1.54, 1.807) is 0 Å². The zero-order valence-corrected chi connectivity index (χ0v) is 12.2. The van der Waals surface area contributed by atoms with Crippen LogP contribution in [-0.4, -0.2) is 23.8 Å². The van der Waals surface area contributed by atoms with Crippen LogP contribution in [0.3, 0.4) is 0 Å². The third-order valence-corrected chi connectivity index (χ3v) is 3.10. The van der Waals surface area contributed by atoms with Crippen molar-refractivity contribution in [3.63, 3.8) is 0 Å². The Morgan fingerprint density at radius 2 is 1.95 bits per heavy atom. The molecule has 1 atom stereocenters. The quantitative estimate of drug-likeness (QED) is 0.728. The van der Waals surface area contributed by atoms with Crippen molar-refractivity contribution in [3.05, 3.63) is 29.6 Å². The summed E-state index contributed by atoms with van der Waals surface area (Å²) in [6, 6.07) is 0.572. The molecule has 1 aromatic rings. The second kappa shape index (κ2) is 7.44. The van der Waals surface area contributed by atoms with Gasteiger partial charge in [0.2, 0.25) is 0 Å². The number of benzene rings is 1. The van der Waals surface area contributed by atoms with Crippen LogP contribution in [-0.2, 0) is 6.18 Å². The van der Waals surface area contributed by atoms with Crippen LogP contribution in [0.15, 0.2) is 18.2 Å². The zero-order valence-electron chi connectivity index (χ0n) is 12.2. The average Bonchev–Trinajstić information content (AvgIpc) is 2.39. The Balaban J connectivity index is 2.83. The molecular weight excluding hydrogens is 304 g/mol. The lowest BCUT2D eigenvalue weighted by Crippen LogP contribution is -2.41. The van der Waals surface area contributed by atoms with Crippen molar-refractivity contribution < 1.29 is 27.5 Å². The number of aliphatic hydroxyl groups is 1. The summed E-state index contributed by atoms with van der Waals surface area (Å²) in [4.78, 5) is 11.8. The molecule has 0 fully saturated rings. The standard InChI is InChI=1S/C14H18F4N2O2/c1-8(2)11(5-6-21)19-13(22)20-12-7-9(14(16,17)18)3-4-10(12)15/h3-4,7-8,11,21H,5-6H2,1-2H3,(H2,19,20,22). The molecule has 1 aromatic carbocycles. The maximum absolute atomic E-state index is 13.5. The smallest absolute Gasteiger partial charge is 0.396 e. The molecule has 1 unspecified atom stereocenters. The number of anilines is 1. The molecule has 0 aromatic heterocycles. The van der Waals surface area contributed by atoms with Crippen LogP contribution in [0.2, 0.25) is 0 Å². The molecule has 0 aliphatic rings. The Hall–Kier alpha value is -1.83. The van der Waals surface area contributed by atoms with Crippen molar-refractivity contribution in [1.29, 1.82) is 0 Å². The summed E-state index contributed by atoms with van der Waals surface area (Å²) in [5.41, 5.74) is -1.61. The number of nitrogens with one attached hydrogen (secondary N) is 2. The van der Waals surface area contributed by atoms with Crippen LogP contribution in [0.5, 0.6) is 0 Å². The van der Waals surface area contributed by atoms with Gasteiger partial charge >= 0.3 is 12.2 Å². The summed E-state index contributed by atoms with van der Waals surface area (Å²) < 4.78 is 51.2. The SMILES string of the molecule is CC(C)C(CCO)NC(=O)Nc1cc(C(F)(F)F)ccc1F. The third kappa shape index (κ3) is 5.18. The molecule has 0 bridgehead atoms. The fourth-order valence-corrected chi connectivity index (χ4v) is 1.84. The van der Waals surface area contributed by atoms with Gasteiger partial charge in [-0.1, -0.05) is 13.8 Å². The van der Waals surface area contributed by atoms with Crippen LogP contribution >= 0.6 is 0 Å². The van der Waals surface area contributed by atoms with E-state index >= 15 is 0 Å². The fraction of sp³-hybridized carbons (Fsp3) is 0.500. The van der Waals surface area contributed by atoms with Crippen molar-refractivity contribution in [2.75, 3.05) is 11.9 Å². The number of alkyl halides is 3. The van der Waals surface area contributed by atoms with Crippen molar-refractivity contribution >= 4 is 11.7 Å². The molecule has 0 radical (unpaired) electrons. The van der Waals surface area contributed by atoms with E-state index in [4.69, 9.17) is 5.11 Å². The summed E-state index contributed by atoms with van der Waals surface area (Å²) in [5.74, 6) is -0.962. The van der Waals surface area contributed by atoms with Crippen molar-refractivity contribution in [1.82, 2.24) is 5.32 Å². The van der Waals surface area contributed by atoms with Gasteiger partial charge in [0.25, 0.3) is 0 Å². The lowest BCUT2D eigenvalue weighted by molar-refractivity contribution is -0.137. The lowest BCUT2D eigenvalue weighted by atomic mass is 10.0. The Labute approximate surface area is 125 Å². The summed E-state index contributed by atoms with van der Waals surface area (Å²) in [5, 5.41) is 13.5. The Bertz CT molecular complexity index is 518. The van der Waals surface area contributed by atoms with Gasteiger partial charge < -0.3 is 15.7 Å². The minimum Gasteiger partial charge on any atom is -0.396 e. The number of aliphatic hydroxyl groups excluding tert-OH is 1. The van der Waals surface area contributed by atoms with Gasteiger partial charge in [-0.25, -0.2) is 9.18 Å². The highest BCUT2D eigenvalue weighted by Gasteiger charge is 2.31. The van der Waals surface area contributed by atoms with E-state index in [1.165, 1.54) is 0 Å². The van der Waals surface area contributed by atoms with Crippen molar-refractivity contribution in [2.24, 2.45) is 5.92 Å². The molecule has 22 heavy (non-hydrogen) atoms. The van der Waals surface area contributed by atoms with Crippen molar-refractivity contribution in [2.45, 2.75) is 32.5 Å². The third-order valence-electron chi connectivity index (χ3n) is 3.10. The van der Waals surface area contributed by atoms with Gasteiger partial charge in [-0.15, -0.1) is 0 Å². The van der Waals surface area contributed by atoms with Gasteiger partial charge in [-0.3, -0.25) is 0 Å². The summed E-state index contributed by atoms with van der Waals surface area (Å²) in [6.45, 7) is 3.47. The zero-order chi connectivity index (χ0) is 16.9. The Morgan fingerprint density at radius 3 is 2.45 bits per heavy atom. The molecular formula is C14H18F4N2O2. The first kappa shape index (κ1) is 18.2. The van der Waals surface area contributed by atoms with Gasteiger partial charge in [0.1, 0.15) is 5.82 Å². The summed E-state index contributed by atoms with van der Waals surface area (Å²) in [6.07, 6.45) is -4.34. The molecule has 0 aliphatic heterocycles. The maximum Gasteiger partial charge on any atom is 0.416 e. The van der Waals surface area contributed by atoms with Gasteiger partial charge in [0, 0.05) is 12.6 Å². The van der Waals surface area contributed by atoms with E-state index in [1.807, 2.05) is 13.8 Å². The Kier molecular flexibility index (Phi) is 6.16. The highest BCUT2D eigenvalue weighted by molar-refractivity contribution is 5.89. The van der Waals surface area contributed by atoms with Crippen molar-refractivity contribution in [3.8, 4) is 0 Å². The number of amides is 2. The van der Waals surface area contributed by atoms with Crippen LogP contribution in [0, 0.1) is 11.7 Å². The minimum absolute atomic E-state index is 0.00394. The molecule has 2 amide bonds. The molecule has 0 heterocycles. The first-order valence-electron chi connectivity index (χ1n) is 6.70. The minimum atomic E-state index is -4.63. The van der Waals surface area contributed by atoms with Gasteiger partial charge in [0.15, 0.2) is 0 Å². The number of hydrogen-bond donors (Lipinski definition) is 3. The maximum atomic E-state index is 13.5. The second-order valence-electron chi connectivity index (χ2n) is 5.15.